The minimum atomic E-state index is -3.59. The number of carbonyl (C=O) groups is 1. The van der Waals surface area contributed by atoms with E-state index in [4.69, 9.17) is 9.47 Å². The van der Waals surface area contributed by atoms with E-state index < -0.39 is 10.0 Å². The summed E-state index contributed by atoms with van der Waals surface area (Å²) >= 11 is 0. The Hall–Kier alpha value is -2.58. The molecule has 0 saturated carbocycles. The minimum absolute atomic E-state index is 0.0803. The van der Waals surface area contributed by atoms with Crippen LogP contribution in [0.15, 0.2) is 47.4 Å². The van der Waals surface area contributed by atoms with E-state index in [9.17, 15) is 13.2 Å². The van der Waals surface area contributed by atoms with E-state index in [1.807, 2.05) is 32.0 Å². The second-order valence-corrected chi connectivity index (χ2v) is 9.40. The molecule has 0 atom stereocenters. The lowest BCUT2D eigenvalue weighted by molar-refractivity contribution is -0.134. The lowest BCUT2D eigenvalue weighted by Crippen LogP contribution is -2.47. The second-order valence-electron chi connectivity index (χ2n) is 7.71. The quantitative estimate of drug-likeness (QED) is 0.674. The largest absolute Gasteiger partial charge is 0.490 e. The van der Waals surface area contributed by atoms with Crippen molar-refractivity contribution in [2.24, 2.45) is 0 Å². The van der Waals surface area contributed by atoms with Gasteiger partial charge in [0, 0.05) is 19.1 Å². The van der Waals surface area contributed by atoms with Gasteiger partial charge in [0.2, 0.25) is 10.0 Å². The van der Waals surface area contributed by atoms with E-state index in [0.717, 1.165) is 11.1 Å². The second kappa shape index (κ2) is 10.2. The van der Waals surface area contributed by atoms with Gasteiger partial charge in [0.15, 0.2) is 18.1 Å². The number of hydrogen-bond donors (Lipinski definition) is 1. The van der Waals surface area contributed by atoms with Gasteiger partial charge in [-0.15, -0.1) is 0 Å². The maximum Gasteiger partial charge on any atom is 0.260 e. The van der Waals surface area contributed by atoms with Crippen LogP contribution in [0.1, 0.15) is 30.9 Å². The molecule has 2 aromatic carbocycles. The molecule has 0 aliphatic carbocycles. The molecule has 3 rings (SSSR count). The molecule has 0 bridgehead atoms. The zero-order valence-electron chi connectivity index (χ0n) is 18.3. The van der Waals surface area contributed by atoms with Gasteiger partial charge in [-0.05, 0) is 57.4 Å². The number of aryl methyl sites for hydroxylation is 2. The van der Waals surface area contributed by atoms with Crippen molar-refractivity contribution in [3.8, 4) is 11.5 Å². The van der Waals surface area contributed by atoms with E-state index in [1.165, 1.54) is 0 Å². The number of sulfonamides is 1. The molecule has 0 aromatic heterocycles. The number of nitrogens with one attached hydrogen (secondary N) is 1. The summed E-state index contributed by atoms with van der Waals surface area (Å²) in [6, 6.07) is 12.4. The number of para-hydroxylation sites is 2. The summed E-state index contributed by atoms with van der Waals surface area (Å²) in [4.78, 5) is 14.6. The van der Waals surface area contributed by atoms with Crippen molar-refractivity contribution >= 4 is 15.9 Å². The van der Waals surface area contributed by atoms with Crippen LogP contribution in [0.4, 0.5) is 0 Å². The molecule has 2 aromatic rings. The topological polar surface area (TPSA) is 84.9 Å². The van der Waals surface area contributed by atoms with Crippen LogP contribution in [0.5, 0.6) is 11.5 Å². The molecule has 168 valence electrons. The monoisotopic (exact) mass is 446 g/mol. The molecule has 31 heavy (non-hydrogen) atoms. The average Bonchev–Trinajstić information content (AvgIpc) is 2.73. The Labute approximate surface area is 184 Å². The summed E-state index contributed by atoms with van der Waals surface area (Å²) in [6.45, 7) is 7.02. The first-order valence-electron chi connectivity index (χ1n) is 10.5. The van der Waals surface area contributed by atoms with Crippen molar-refractivity contribution in [3.05, 3.63) is 53.6 Å². The van der Waals surface area contributed by atoms with Gasteiger partial charge in [0.25, 0.3) is 5.91 Å². The maximum atomic E-state index is 12.8. The first-order chi connectivity index (χ1) is 14.8. The van der Waals surface area contributed by atoms with Gasteiger partial charge in [-0.1, -0.05) is 29.8 Å². The van der Waals surface area contributed by atoms with Crippen LogP contribution in [0.3, 0.4) is 0 Å². The molecule has 1 N–H and O–H groups in total. The Kier molecular flexibility index (Phi) is 7.56. The molecule has 1 saturated heterocycles. The fourth-order valence-corrected chi connectivity index (χ4v) is 5.24. The summed E-state index contributed by atoms with van der Waals surface area (Å²) in [5, 5.41) is 0. The van der Waals surface area contributed by atoms with Gasteiger partial charge in [-0.3, -0.25) is 4.79 Å². The normalized spacial score (nSPS) is 15.0. The molecular formula is C23H30N2O5S. The predicted molar refractivity (Wildman–Crippen MR) is 119 cm³/mol. The molecule has 0 unspecified atom stereocenters. The molecule has 1 heterocycles. The predicted octanol–water partition coefficient (Wildman–Crippen LogP) is 3.05. The van der Waals surface area contributed by atoms with Crippen molar-refractivity contribution in [3.63, 3.8) is 0 Å². The van der Waals surface area contributed by atoms with E-state index in [-0.39, 0.29) is 18.6 Å². The summed E-state index contributed by atoms with van der Waals surface area (Å²) in [5.74, 6) is 1.02. The Bertz CT molecular complexity index is 1010. The number of amides is 1. The van der Waals surface area contributed by atoms with Crippen molar-refractivity contribution < 1.29 is 22.7 Å². The summed E-state index contributed by atoms with van der Waals surface area (Å²) in [5.41, 5.74) is 1.75. The molecule has 1 aliphatic rings. The van der Waals surface area contributed by atoms with Crippen LogP contribution >= 0.6 is 0 Å². The van der Waals surface area contributed by atoms with Gasteiger partial charge in [-0.25, -0.2) is 13.1 Å². The molecule has 7 nitrogen and oxygen atoms in total. The highest BCUT2D eigenvalue weighted by molar-refractivity contribution is 7.89. The van der Waals surface area contributed by atoms with Gasteiger partial charge in [-0.2, -0.15) is 0 Å². The number of carbonyl (C=O) groups excluding carboxylic acids is 1. The average molecular weight is 447 g/mol. The van der Waals surface area contributed by atoms with E-state index in [2.05, 4.69) is 4.72 Å². The van der Waals surface area contributed by atoms with Crippen molar-refractivity contribution in [1.82, 2.24) is 9.62 Å². The minimum Gasteiger partial charge on any atom is -0.490 e. The van der Waals surface area contributed by atoms with E-state index >= 15 is 0 Å². The number of benzene rings is 2. The fraction of sp³-hybridized carbons (Fsp3) is 0.435. The highest BCUT2D eigenvalue weighted by Crippen LogP contribution is 2.26. The third kappa shape index (κ3) is 5.98. The number of rotatable bonds is 8. The zero-order valence-corrected chi connectivity index (χ0v) is 19.1. The molecule has 1 fully saturated rings. The first kappa shape index (κ1) is 23.1. The Morgan fingerprint density at radius 2 is 1.71 bits per heavy atom. The SMILES string of the molecule is CCOc1ccccc1OCC(=O)N1CCC(NS(=O)(=O)c2ccc(C)cc2C)CC1. The van der Waals surface area contributed by atoms with Crippen LogP contribution in [-0.4, -0.2) is 51.6 Å². The maximum absolute atomic E-state index is 12.8. The Morgan fingerprint density at radius 3 is 2.32 bits per heavy atom. The highest BCUT2D eigenvalue weighted by Gasteiger charge is 2.27. The Morgan fingerprint density at radius 1 is 1.06 bits per heavy atom. The third-order valence-electron chi connectivity index (χ3n) is 5.29. The summed E-state index contributed by atoms with van der Waals surface area (Å²) in [6.07, 6.45) is 1.12. The van der Waals surface area contributed by atoms with Crippen LogP contribution in [-0.2, 0) is 14.8 Å². The first-order valence-corrected chi connectivity index (χ1v) is 12.0. The van der Waals surface area contributed by atoms with Crippen LogP contribution in [0, 0.1) is 13.8 Å². The standard InChI is InChI=1S/C23H30N2O5S/c1-4-29-20-7-5-6-8-21(20)30-16-23(26)25-13-11-19(12-14-25)24-31(27,28)22-10-9-17(2)15-18(22)3/h5-10,15,19,24H,4,11-14,16H2,1-3H3. The molecule has 1 amide bonds. The lowest BCUT2D eigenvalue weighted by Gasteiger charge is -2.32. The fourth-order valence-electron chi connectivity index (χ4n) is 3.71. The number of piperidine rings is 1. The number of nitrogens with zero attached hydrogens (tertiary/aromatic N) is 1. The van der Waals surface area contributed by atoms with E-state index in [1.54, 1.807) is 36.1 Å². The molecule has 0 radical (unpaired) electrons. The highest BCUT2D eigenvalue weighted by atomic mass is 32.2. The van der Waals surface area contributed by atoms with Gasteiger partial charge < -0.3 is 14.4 Å². The van der Waals surface area contributed by atoms with Crippen LogP contribution < -0.4 is 14.2 Å². The molecule has 1 aliphatic heterocycles. The van der Waals surface area contributed by atoms with Crippen molar-refractivity contribution in [2.45, 2.75) is 44.6 Å². The molecular weight excluding hydrogens is 416 g/mol. The van der Waals surface area contributed by atoms with Gasteiger partial charge >= 0.3 is 0 Å². The lowest BCUT2D eigenvalue weighted by atomic mass is 10.1. The zero-order chi connectivity index (χ0) is 22.4. The number of hydrogen-bond acceptors (Lipinski definition) is 5. The molecule has 8 heteroatoms. The van der Waals surface area contributed by atoms with Crippen LogP contribution in [0.2, 0.25) is 0 Å². The number of ether oxygens (including phenoxy) is 2. The van der Waals surface area contributed by atoms with Crippen molar-refractivity contribution in [2.75, 3.05) is 26.3 Å². The smallest absolute Gasteiger partial charge is 0.260 e. The summed E-state index contributed by atoms with van der Waals surface area (Å²) in [7, 11) is -3.59. The summed E-state index contributed by atoms with van der Waals surface area (Å²) < 4.78 is 39.5. The van der Waals surface area contributed by atoms with Crippen molar-refractivity contribution in [1.29, 1.82) is 0 Å². The number of likely N-dealkylation sites (tertiary alicyclic amines) is 1. The Balaban J connectivity index is 1.52. The van der Waals surface area contributed by atoms with Gasteiger partial charge in [0.05, 0.1) is 11.5 Å². The van der Waals surface area contributed by atoms with Gasteiger partial charge in [0.1, 0.15) is 0 Å². The third-order valence-corrected chi connectivity index (χ3v) is 6.97. The van der Waals surface area contributed by atoms with E-state index in [0.29, 0.717) is 48.9 Å². The van der Waals surface area contributed by atoms with Crippen LogP contribution in [0.25, 0.3) is 0 Å². The molecule has 0 spiro atoms.